The molecule has 0 saturated carbocycles. The average Bonchev–Trinajstić information content (AvgIpc) is 2.61. The standard InChI is InChI=1S/C19H20BrFN2O3/c1-12(24)23-18(13-3-6-16(26-2)7-4-13)10-19(25)22-11-14-9-15(20)5-8-17(14)21/h3-9,18H,10-11H2,1-2H3,(H,22,25)(H,23,24). The van der Waals surface area contributed by atoms with Crippen LogP contribution in [0, 0.1) is 5.82 Å². The summed E-state index contributed by atoms with van der Waals surface area (Å²) in [5, 5.41) is 5.45. The van der Waals surface area contributed by atoms with Crippen LogP contribution in [0.2, 0.25) is 0 Å². The van der Waals surface area contributed by atoms with Gasteiger partial charge in [-0.05, 0) is 35.9 Å². The van der Waals surface area contributed by atoms with Crippen LogP contribution in [0.15, 0.2) is 46.9 Å². The SMILES string of the molecule is COc1ccc(C(CC(=O)NCc2cc(Br)ccc2F)NC(C)=O)cc1. The summed E-state index contributed by atoms with van der Waals surface area (Å²) in [5.74, 6) is -0.234. The second-order valence-electron chi connectivity index (χ2n) is 5.74. The van der Waals surface area contributed by atoms with Gasteiger partial charge in [-0.3, -0.25) is 9.59 Å². The van der Waals surface area contributed by atoms with Gasteiger partial charge in [-0.2, -0.15) is 0 Å². The van der Waals surface area contributed by atoms with E-state index in [-0.39, 0.29) is 30.6 Å². The number of halogens is 2. The molecule has 7 heteroatoms. The van der Waals surface area contributed by atoms with E-state index in [1.165, 1.54) is 13.0 Å². The maximum absolute atomic E-state index is 13.7. The summed E-state index contributed by atoms with van der Waals surface area (Å²) in [6, 6.07) is 11.2. The van der Waals surface area contributed by atoms with E-state index < -0.39 is 6.04 Å². The topological polar surface area (TPSA) is 67.4 Å². The van der Waals surface area contributed by atoms with Crippen molar-refractivity contribution in [3.05, 3.63) is 63.9 Å². The lowest BCUT2D eigenvalue weighted by molar-refractivity contribution is -0.122. The Kier molecular flexibility index (Phi) is 7.15. The largest absolute Gasteiger partial charge is 0.497 e. The minimum Gasteiger partial charge on any atom is -0.497 e. The van der Waals surface area contributed by atoms with Gasteiger partial charge in [-0.15, -0.1) is 0 Å². The van der Waals surface area contributed by atoms with Gasteiger partial charge < -0.3 is 15.4 Å². The number of nitrogens with one attached hydrogen (secondary N) is 2. The van der Waals surface area contributed by atoms with Crippen molar-refractivity contribution < 1.29 is 18.7 Å². The Morgan fingerprint density at radius 3 is 2.50 bits per heavy atom. The number of carbonyl (C=O) groups is 2. The normalized spacial score (nSPS) is 11.5. The lowest BCUT2D eigenvalue weighted by atomic mass is 10.0. The van der Waals surface area contributed by atoms with Crippen molar-refractivity contribution in [3.63, 3.8) is 0 Å². The molecule has 5 nitrogen and oxygen atoms in total. The van der Waals surface area contributed by atoms with Crippen LogP contribution in [0.4, 0.5) is 4.39 Å². The highest BCUT2D eigenvalue weighted by Crippen LogP contribution is 2.21. The summed E-state index contributed by atoms with van der Waals surface area (Å²) in [5.41, 5.74) is 1.16. The minimum absolute atomic E-state index is 0.0432. The number of benzene rings is 2. The summed E-state index contributed by atoms with van der Waals surface area (Å²) >= 11 is 3.28. The quantitative estimate of drug-likeness (QED) is 0.717. The zero-order valence-corrected chi connectivity index (χ0v) is 16.1. The molecular formula is C19H20BrFN2O3. The maximum atomic E-state index is 13.7. The van der Waals surface area contributed by atoms with Gasteiger partial charge in [-0.25, -0.2) is 4.39 Å². The lowest BCUT2D eigenvalue weighted by Crippen LogP contribution is -2.32. The van der Waals surface area contributed by atoms with Crippen molar-refractivity contribution in [2.24, 2.45) is 0 Å². The van der Waals surface area contributed by atoms with Crippen molar-refractivity contribution >= 4 is 27.7 Å². The van der Waals surface area contributed by atoms with Gasteiger partial charge in [-0.1, -0.05) is 28.1 Å². The third kappa shape index (κ3) is 5.84. The molecule has 2 rings (SSSR count). The van der Waals surface area contributed by atoms with Crippen LogP contribution in [-0.2, 0) is 16.1 Å². The van der Waals surface area contributed by atoms with Crippen molar-refractivity contribution in [3.8, 4) is 5.75 Å². The fourth-order valence-corrected chi connectivity index (χ4v) is 2.87. The highest BCUT2D eigenvalue weighted by Gasteiger charge is 2.17. The van der Waals surface area contributed by atoms with E-state index in [1.54, 1.807) is 43.5 Å². The van der Waals surface area contributed by atoms with E-state index in [0.717, 1.165) is 10.0 Å². The second-order valence-corrected chi connectivity index (χ2v) is 6.66. The van der Waals surface area contributed by atoms with Gasteiger partial charge in [0.05, 0.1) is 19.6 Å². The molecule has 0 aromatic heterocycles. The number of carbonyl (C=O) groups excluding carboxylic acids is 2. The van der Waals surface area contributed by atoms with Crippen LogP contribution in [0.1, 0.15) is 30.5 Å². The van der Waals surface area contributed by atoms with Gasteiger partial charge >= 0.3 is 0 Å². The zero-order valence-electron chi connectivity index (χ0n) is 14.5. The predicted octanol–water partition coefficient (Wildman–Crippen LogP) is 3.48. The van der Waals surface area contributed by atoms with Gasteiger partial charge in [0.1, 0.15) is 11.6 Å². The average molecular weight is 423 g/mol. The Labute approximate surface area is 160 Å². The Morgan fingerprint density at radius 1 is 1.19 bits per heavy atom. The Balaban J connectivity index is 2.03. The van der Waals surface area contributed by atoms with E-state index in [0.29, 0.717) is 11.3 Å². The smallest absolute Gasteiger partial charge is 0.222 e. The molecule has 2 aromatic carbocycles. The first kappa shape index (κ1) is 19.9. The number of amides is 2. The van der Waals surface area contributed by atoms with Crippen LogP contribution < -0.4 is 15.4 Å². The molecule has 0 fully saturated rings. The fourth-order valence-electron chi connectivity index (χ4n) is 2.46. The van der Waals surface area contributed by atoms with Crippen LogP contribution >= 0.6 is 15.9 Å². The molecule has 0 saturated heterocycles. The molecule has 2 aromatic rings. The van der Waals surface area contributed by atoms with E-state index in [1.807, 2.05) is 0 Å². The number of hydrogen-bond donors (Lipinski definition) is 2. The zero-order chi connectivity index (χ0) is 19.1. The Morgan fingerprint density at radius 2 is 1.88 bits per heavy atom. The Hall–Kier alpha value is -2.41. The molecular weight excluding hydrogens is 403 g/mol. The highest BCUT2D eigenvalue weighted by molar-refractivity contribution is 9.10. The molecule has 0 aliphatic heterocycles. The molecule has 0 radical (unpaired) electrons. The number of ether oxygens (including phenoxy) is 1. The molecule has 0 heterocycles. The summed E-state index contributed by atoms with van der Waals surface area (Å²) in [7, 11) is 1.56. The number of rotatable bonds is 7. The van der Waals surface area contributed by atoms with Gasteiger partial charge in [0.25, 0.3) is 0 Å². The maximum Gasteiger partial charge on any atom is 0.222 e. The number of hydrogen-bond acceptors (Lipinski definition) is 3. The molecule has 0 bridgehead atoms. The lowest BCUT2D eigenvalue weighted by Gasteiger charge is -2.18. The van der Waals surface area contributed by atoms with Crippen molar-refractivity contribution in [2.75, 3.05) is 7.11 Å². The highest BCUT2D eigenvalue weighted by atomic mass is 79.9. The van der Waals surface area contributed by atoms with Gasteiger partial charge in [0.2, 0.25) is 11.8 Å². The van der Waals surface area contributed by atoms with Gasteiger partial charge in [0, 0.05) is 23.5 Å². The monoisotopic (exact) mass is 422 g/mol. The van der Waals surface area contributed by atoms with Crippen molar-refractivity contribution in [1.29, 1.82) is 0 Å². The van der Waals surface area contributed by atoms with Gasteiger partial charge in [0.15, 0.2) is 0 Å². The first-order valence-electron chi connectivity index (χ1n) is 8.00. The minimum atomic E-state index is -0.481. The summed E-state index contributed by atoms with van der Waals surface area (Å²) < 4.78 is 19.6. The summed E-state index contributed by atoms with van der Waals surface area (Å²) in [6.07, 6.45) is 0.0432. The molecule has 138 valence electrons. The van der Waals surface area contributed by atoms with Crippen LogP contribution in [0.5, 0.6) is 5.75 Å². The number of methoxy groups -OCH3 is 1. The second kappa shape index (κ2) is 9.33. The third-order valence-electron chi connectivity index (χ3n) is 3.77. The van der Waals surface area contributed by atoms with E-state index in [9.17, 15) is 14.0 Å². The third-order valence-corrected chi connectivity index (χ3v) is 4.26. The first-order chi connectivity index (χ1) is 12.4. The molecule has 2 amide bonds. The predicted molar refractivity (Wildman–Crippen MR) is 100 cm³/mol. The van der Waals surface area contributed by atoms with E-state index in [2.05, 4.69) is 26.6 Å². The molecule has 26 heavy (non-hydrogen) atoms. The molecule has 2 N–H and O–H groups in total. The molecule has 0 aliphatic rings. The Bertz CT molecular complexity index is 781. The first-order valence-corrected chi connectivity index (χ1v) is 8.80. The molecule has 1 atom stereocenters. The van der Waals surface area contributed by atoms with Crippen LogP contribution in [0.25, 0.3) is 0 Å². The van der Waals surface area contributed by atoms with E-state index in [4.69, 9.17) is 4.74 Å². The van der Waals surface area contributed by atoms with Crippen LogP contribution in [0.3, 0.4) is 0 Å². The van der Waals surface area contributed by atoms with Crippen molar-refractivity contribution in [1.82, 2.24) is 10.6 Å². The van der Waals surface area contributed by atoms with Crippen LogP contribution in [-0.4, -0.2) is 18.9 Å². The molecule has 0 spiro atoms. The summed E-state index contributed by atoms with van der Waals surface area (Å²) in [4.78, 5) is 23.8. The van der Waals surface area contributed by atoms with Crippen molar-refractivity contribution in [2.45, 2.75) is 25.9 Å². The van der Waals surface area contributed by atoms with E-state index >= 15 is 0 Å². The molecule has 0 aliphatic carbocycles. The molecule has 1 unspecified atom stereocenters. The fraction of sp³-hybridized carbons (Fsp3) is 0.263. The summed E-state index contributed by atoms with van der Waals surface area (Å²) in [6.45, 7) is 1.46.